The average Bonchev–Trinajstić information content (AvgIpc) is 2.81. The van der Waals surface area contributed by atoms with Crippen molar-refractivity contribution in [1.82, 2.24) is 10.2 Å². The summed E-state index contributed by atoms with van der Waals surface area (Å²) >= 11 is 6.12. The summed E-state index contributed by atoms with van der Waals surface area (Å²) in [5.41, 5.74) is 1.70. The number of hydrogen-bond acceptors (Lipinski definition) is 5. The number of sulfonamides is 1. The molecule has 0 aromatic heterocycles. The largest absolute Gasteiger partial charge is 0.497 e. The Morgan fingerprint density at radius 3 is 2.43 bits per heavy atom. The van der Waals surface area contributed by atoms with Gasteiger partial charge in [-0.3, -0.25) is 13.9 Å². The normalized spacial score (nSPS) is 13.0. The third-order valence-corrected chi connectivity index (χ3v) is 7.14. The number of rotatable bonds is 11. The van der Waals surface area contributed by atoms with Gasteiger partial charge in [-0.25, -0.2) is 8.42 Å². The van der Waals surface area contributed by atoms with Gasteiger partial charge in [-0.05, 0) is 62.6 Å². The molecule has 0 aliphatic carbocycles. The van der Waals surface area contributed by atoms with E-state index in [4.69, 9.17) is 16.3 Å². The molecule has 0 unspecified atom stereocenters. The molecule has 2 rings (SSSR count). The van der Waals surface area contributed by atoms with Crippen LogP contribution in [0.25, 0.3) is 0 Å². The monoisotopic (exact) mass is 523 g/mol. The summed E-state index contributed by atoms with van der Waals surface area (Å²) in [6, 6.07) is 11.1. The topological polar surface area (TPSA) is 96.0 Å². The van der Waals surface area contributed by atoms with E-state index in [1.54, 1.807) is 51.3 Å². The van der Waals surface area contributed by atoms with Gasteiger partial charge in [0.05, 0.1) is 19.1 Å². The molecule has 1 N–H and O–H groups in total. The number of carbonyl (C=O) groups is 2. The van der Waals surface area contributed by atoms with Crippen LogP contribution in [-0.2, 0) is 26.2 Å². The molecule has 0 saturated carbocycles. The van der Waals surface area contributed by atoms with Crippen LogP contribution in [0.2, 0.25) is 5.02 Å². The molecule has 0 bridgehead atoms. The van der Waals surface area contributed by atoms with Crippen molar-refractivity contribution in [3.8, 4) is 5.75 Å². The SMILES string of the molecule is CC[C@@H](C)NC(=O)[C@@H](C)N(Cc1cccc(OC)c1)C(=O)CN(c1cc(Cl)ccc1C)S(C)(=O)=O. The Morgan fingerprint density at radius 1 is 1.14 bits per heavy atom. The Hall–Kier alpha value is -2.78. The summed E-state index contributed by atoms with van der Waals surface area (Å²) in [5.74, 6) is -0.233. The molecule has 35 heavy (non-hydrogen) atoms. The molecule has 8 nitrogen and oxygen atoms in total. The van der Waals surface area contributed by atoms with E-state index >= 15 is 0 Å². The van der Waals surface area contributed by atoms with Crippen LogP contribution in [-0.4, -0.2) is 57.1 Å². The van der Waals surface area contributed by atoms with Crippen molar-refractivity contribution in [3.05, 3.63) is 58.6 Å². The molecule has 0 heterocycles. The van der Waals surface area contributed by atoms with E-state index in [9.17, 15) is 18.0 Å². The predicted molar refractivity (Wildman–Crippen MR) is 139 cm³/mol. The lowest BCUT2D eigenvalue weighted by molar-refractivity contribution is -0.139. The lowest BCUT2D eigenvalue weighted by Gasteiger charge is -2.32. The van der Waals surface area contributed by atoms with E-state index in [0.29, 0.717) is 22.0 Å². The van der Waals surface area contributed by atoms with Crippen molar-refractivity contribution in [2.45, 2.75) is 52.7 Å². The third-order valence-electron chi connectivity index (χ3n) is 5.77. The Morgan fingerprint density at radius 2 is 1.83 bits per heavy atom. The number of ether oxygens (including phenoxy) is 1. The number of hydrogen-bond donors (Lipinski definition) is 1. The van der Waals surface area contributed by atoms with E-state index in [-0.39, 0.29) is 18.5 Å². The van der Waals surface area contributed by atoms with Crippen molar-refractivity contribution in [2.24, 2.45) is 0 Å². The van der Waals surface area contributed by atoms with Crippen LogP contribution in [0.3, 0.4) is 0 Å². The van der Waals surface area contributed by atoms with Gasteiger partial charge in [-0.2, -0.15) is 0 Å². The number of nitrogens with one attached hydrogen (secondary N) is 1. The fourth-order valence-electron chi connectivity index (χ4n) is 3.46. The van der Waals surface area contributed by atoms with E-state index in [1.807, 2.05) is 19.9 Å². The number of halogens is 1. The molecule has 0 aliphatic rings. The molecule has 2 amide bonds. The van der Waals surface area contributed by atoms with Crippen molar-refractivity contribution >= 4 is 39.1 Å². The standard InChI is InChI=1S/C25H34ClN3O5S/c1-7-18(3)27-25(31)19(4)28(15-20-9-8-10-22(13-20)34-5)24(30)16-29(35(6,32)33)23-14-21(26)12-11-17(23)2/h8-14,18-19H,7,15-16H2,1-6H3,(H,27,31)/t18-,19-/m1/s1. The fourth-order valence-corrected chi connectivity index (χ4v) is 4.53. The quantitative estimate of drug-likeness (QED) is 0.484. The molecule has 0 fully saturated rings. The second-order valence-corrected chi connectivity index (χ2v) is 10.9. The second kappa shape index (κ2) is 12.3. The number of methoxy groups -OCH3 is 1. The number of benzene rings is 2. The highest BCUT2D eigenvalue weighted by atomic mass is 35.5. The van der Waals surface area contributed by atoms with Crippen molar-refractivity contribution in [2.75, 3.05) is 24.2 Å². The number of nitrogens with zero attached hydrogens (tertiary/aromatic N) is 2. The van der Waals surface area contributed by atoms with Crippen LogP contribution in [0.15, 0.2) is 42.5 Å². The second-order valence-electron chi connectivity index (χ2n) is 8.57. The minimum Gasteiger partial charge on any atom is -0.497 e. The summed E-state index contributed by atoms with van der Waals surface area (Å²) < 4.78 is 31.7. The molecular formula is C25H34ClN3O5S. The van der Waals surface area contributed by atoms with E-state index in [0.717, 1.165) is 22.5 Å². The first-order chi connectivity index (χ1) is 16.4. The van der Waals surface area contributed by atoms with Gasteiger partial charge in [0.15, 0.2) is 0 Å². The highest BCUT2D eigenvalue weighted by Gasteiger charge is 2.31. The van der Waals surface area contributed by atoms with E-state index < -0.39 is 28.5 Å². The summed E-state index contributed by atoms with van der Waals surface area (Å²) in [4.78, 5) is 27.9. The smallest absolute Gasteiger partial charge is 0.244 e. The van der Waals surface area contributed by atoms with E-state index in [1.165, 1.54) is 11.0 Å². The summed E-state index contributed by atoms with van der Waals surface area (Å²) in [5, 5.41) is 3.25. The Labute approximate surface area is 213 Å². The van der Waals surface area contributed by atoms with E-state index in [2.05, 4.69) is 5.32 Å². The average molecular weight is 524 g/mol. The zero-order chi connectivity index (χ0) is 26.3. The fraction of sp³-hybridized carbons (Fsp3) is 0.440. The third kappa shape index (κ3) is 7.86. The summed E-state index contributed by atoms with van der Waals surface area (Å²) in [6.45, 7) is 6.82. The molecule has 2 aromatic carbocycles. The first kappa shape index (κ1) is 28.5. The number of carbonyl (C=O) groups excluding carboxylic acids is 2. The number of aryl methyl sites for hydroxylation is 1. The molecule has 2 aromatic rings. The molecule has 0 saturated heterocycles. The minimum atomic E-state index is -3.83. The number of anilines is 1. The molecule has 0 aliphatic heterocycles. The lowest BCUT2D eigenvalue weighted by Crippen LogP contribution is -2.52. The van der Waals surface area contributed by atoms with Gasteiger partial charge in [-0.15, -0.1) is 0 Å². The Balaban J connectivity index is 2.44. The zero-order valence-corrected chi connectivity index (χ0v) is 22.6. The van der Waals surface area contributed by atoms with Gasteiger partial charge in [0.1, 0.15) is 18.3 Å². The first-order valence-corrected chi connectivity index (χ1v) is 13.6. The predicted octanol–water partition coefficient (Wildman–Crippen LogP) is 3.76. The van der Waals surface area contributed by atoms with Gasteiger partial charge in [0.25, 0.3) is 0 Å². The zero-order valence-electron chi connectivity index (χ0n) is 21.0. The maximum absolute atomic E-state index is 13.6. The first-order valence-electron chi connectivity index (χ1n) is 11.3. The van der Waals surface area contributed by atoms with Crippen LogP contribution in [0.5, 0.6) is 5.75 Å². The Kier molecular flexibility index (Phi) is 9.97. The van der Waals surface area contributed by atoms with Gasteiger partial charge in [0.2, 0.25) is 21.8 Å². The maximum Gasteiger partial charge on any atom is 0.244 e. The van der Waals surface area contributed by atoms with Crippen LogP contribution < -0.4 is 14.4 Å². The molecule has 10 heteroatoms. The molecule has 0 spiro atoms. The molecule has 192 valence electrons. The van der Waals surface area contributed by atoms with Gasteiger partial charge in [-0.1, -0.05) is 36.7 Å². The summed E-state index contributed by atoms with van der Waals surface area (Å²) in [6.07, 6.45) is 1.77. The van der Waals surface area contributed by atoms with Gasteiger partial charge >= 0.3 is 0 Å². The maximum atomic E-state index is 13.6. The van der Waals surface area contributed by atoms with Crippen LogP contribution in [0.1, 0.15) is 38.3 Å². The number of amides is 2. The molecule has 0 radical (unpaired) electrons. The van der Waals surface area contributed by atoms with Gasteiger partial charge in [0, 0.05) is 17.6 Å². The van der Waals surface area contributed by atoms with Crippen molar-refractivity contribution in [3.63, 3.8) is 0 Å². The highest BCUT2D eigenvalue weighted by molar-refractivity contribution is 7.92. The van der Waals surface area contributed by atoms with Crippen molar-refractivity contribution in [1.29, 1.82) is 0 Å². The van der Waals surface area contributed by atoms with Gasteiger partial charge < -0.3 is 15.0 Å². The Bertz CT molecular complexity index is 1160. The van der Waals surface area contributed by atoms with Crippen LogP contribution >= 0.6 is 11.6 Å². The molecule has 2 atom stereocenters. The minimum absolute atomic E-state index is 0.0691. The lowest BCUT2D eigenvalue weighted by atomic mass is 10.1. The van der Waals surface area contributed by atoms with Crippen molar-refractivity contribution < 1.29 is 22.7 Å². The highest BCUT2D eigenvalue weighted by Crippen LogP contribution is 2.27. The molecular weight excluding hydrogens is 490 g/mol. The van der Waals surface area contributed by atoms with Crippen LogP contribution in [0.4, 0.5) is 5.69 Å². The van der Waals surface area contributed by atoms with Crippen LogP contribution in [0, 0.1) is 6.92 Å². The summed E-state index contributed by atoms with van der Waals surface area (Å²) in [7, 11) is -2.29.